The topological polar surface area (TPSA) is 75.6 Å². The molecule has 20 heavy (non-hydrogen) atoms. The Bertz CT molecular complexity index is 483. The summed E-state index contributed by atoms with van der Waals surface area (Å²) in [6.45, 7) is 5.74. The number of rotatable bonds is 7. The molecular weight excluding hydrogens is 258 g/mol. The molecule has 1 rings (SSSR count). The van der Waals surface area contributed by atoms with Crippen molar-refractivity contribution in [2.75, 3.05) is 5.32 Å². The van der Waals surface area contributed by atoms with Gasteiger partial charge in [0.1, 0.15) is 5.75 Å². The Morgan fingerprint density at radius 2 is 2.05 bits per heavy atom. The standard InChI is InChI=1S/C15H21NO4/c1-4-5-6-14(17)16-12-9-11(15(18)19)7-8-13(12)20-10(2)3/h7-10H,4-6H2,1-3H3,(H,16,17)(H,18,19). The van der Waals surface area contributed by atoms with Gasteiger partial charge < -0.3 is 15.2 Å². The van der Waals surface area contributed by atoms with Gasteiger partial charge in [0.25, 0.3) is 0 Å². The number of unbranched alkanes of at least 4 members (excludes halogenated alkanes) is 1. The van der Waals surface area contributed by atoms with Crippen molar-refractivity contribution < 1.29 is 19.4 Å². The molecule has 0 bridgehead atoms. The molecule has 5 heteroatoms. The smallest absolute Gasteiger partial charge is 0.335 e. The predicted octanol–water partition coefficient (Wildman–Crippen LogP) is 3.30. The third-order valence-corrected chi connectivity index (χ3v) is 2.62. The van der Waals surface area contributed by atoms with Crippen LogP contribution in [-0.4, -0.2) is 23.1 Å². The summed E-state index contributed by atoms with van der Waals surface area (Å²) in [5.41, 5.74) is 0.520. The molecule has 110 valence electrons. The van der Waals surface area contributed by atoms with Crippen LogP contribution in [0.3, 0.4) is 0 Å². The summed E-state index contributed by atoms with van der Waals surface area (Å²) in [5, 5.41) is 11.7. The number of benzene rings is 1. The summed E-state index contributed by atoms with van der Waals surface area (Å²) >= 11 is 0. The summed E-state index contributed by atoms with van der Waals surface area (Å²) in [5.74, 6) is -0.692. The minimum Gasteiger partial charge on any atom is -0.489 e. The summed E-state index contributed by atoms with van der Waals surface area (Å²) < 4.78 is 5.58. The molecule has 5 nitrogen and oxygen atoms in total. The monoisotopic (exact) mass is 279 g/mol. The average Bonchev–Trinajstić information content (AvgIpc) is 2.37. The van der Waals surface area contributed by atoms with Crippen molar-refractivity contribution in [3.05, 3.63) is 23.8 Å². The van der Waals surface area contributed by atoms with E-state index in [4.69, 9.17) is 9.84 Å². The van der Waals surface area contributed by atoms with Gasteiger partial charge in [0.15, 0.2) is 0 Å². The lowest BCUT2D eigenvalue weighted by Gasteiger charge is -2.15. The van der Waals surface area contributed by atoms with Crippen molar-refractivity contribution in [3.8, 4) is 5.75 Å². The predicted molar refractivity (Wildman–Crippen MR) is 77.3 cm³/mol. The van der Waals surface area contributed by atoms with Gasteiger partial charge >= 0.3 is 5.97 Å². The number of hydrogen-bond donors (Lipinski definition) is 2. The highest BCUT2D eigenvalue weighted by Gasteiger charge is 2.13. The Morgan fingerprint density at radius 1 is 1.35 bits per heavy atom. The van der Waals surface area contributed by atoms with Gasteiger partial charge in [-0.2, -0.15) is 0 Å². The van der Waals surface area contributed by atoms with E-state index in [1.165, 1.54) is 12.1 Å². The Labute approximate surface area is 118 Å². The number of carboxylic acid groups (broad SMARTS) is 1. The minimum atomic E-state index is -1.04. The van der Waals surface area contributed by atoms with E-state index in [1.54, 1.807) is 6.07 Å². The van der Waals surface area contributed by atoms with Gasteiger partial charge in [-0.25, -0.2) is 4.79 Å². The second-order valence-electron chi connectivity index (χ2n) is 4.83. The van der Waals surface area contributed by atoms with E-state index >= 15 is 0 Å². The van der Waals surface area contributed by atoms with Crippen molar-refractivity contribution in [1.82, 2.24) is 0 Å². The quantitative estimate of drug-likeness (QED) is 0.803. The van der Waals surface area contributed by atoms with Crippen LogP contribution in [0, 0.1) is 0 Å². The lowest BCUT2D eigenvalue weighted by atomic mass is 10.1. The van der Waals surface area contributed by atoms with Crippen molar-refractivity contribution in [2.45, 2.75) is 46.1 Å². The number of carbonyl (C=O) groups is 2. The van der Waals surface area contributed by atoms with E-state index in [9.17, 15) is 9.59 Å². The van der Waals surface area contributed by atoms with Crippen molar-refractivity contribution >= 4 is 17.6 Å². The first-order chi connectivity index (χ1) is 9.43. The van der Waals surface area contributed by atoms with Crippen LogP contribution in [0.2, 0.25) is 0 Å². The maximum Gasteiger partial charge on any atom is 0.335 e. The van der Waals surface area contributed by atoms with Gasteiger partial charge in [-0.15, -0.1) is 0 Å². The zero-order chi connectivity index (χ0) is 15.1. The molecule has 2 N–H and O–H groups in total. The third-order valence-electron chi connectivity index (χ3n) is 2.62. The molecule has 1 amide bonds. The Hall–Kier alpha value is -2.04. The maximum atomic E-state index is 11.8. The van der Waals surface area contributed by atoms with Crippen LogP contribution in [0.15, 0.2) is 18.2 Å². The van der Waals surface area contributed by atoms with Crippen LogP contribution in [0.4, 0.5) is 5.69 Å². The van der Waals surface area contributed by atoms with E-state index in [1.807, 2.05) is 20.8 Å². The molecule has 0 atom stereocenters. The maximum absolute atomic E-state index is 11.8. The number of ether oxygens (including phenoxy) is 1. The van der Waals surface area contributed by atoms with Crippen LogP contribution in [0.5, 0.6) is 5.75 Å². The van der Waals surface area contributed by atoms with Crippen LogP contribution >= 0.6 is 0 Å². The van der Waals surface area contributed by atoms with E-state index in [-0.39, 0.29) is 17.6 Å². The van der Waals surface area contributed by atoms with E-state index in [0.29, 0.717) is 17.9 Å². The zero-order valence-electron chi connectivity index (χ0n) is 12.1. The van der Waals surface area contributed by atoms with Gasteiger partial charge in [0, 0.05) is 6.42 Å². The third kappa shape index (κ3) is 4.91. The molecule has 0 aromatic heterocycles. The lowest BCUT2D eigenvalue weighted by Crippen LogP contribution is -2.14. The Balaban J connectivity index is 2.95. The normalized spacial score (nSPS) is 10.4. The lowest BCUT2D eigenvalue weighted by molar-refractivity contribution is -0.116. The molecule has 0 fully saturated rings. The van der Waals surface area contributed by atoms with E-state index in [0.717, 1.165) is 12.8 Å². The van der Waals surface area contributed by atoms with Crippen LogP contribution in [0.1, 0.15) is 50.4 Å². The number of carbonyl (C=O) groups excluding carboxylic acids is 1. The fourth-order valence-corrected chi connectivity index (χ4v) is 1.67. The summed E-state index contributed by atoms with van der Waals surface area (Å²) in [7, 11) is 0. The molecule has 1 aromatic carbocycles. The first-order valence-corrected chi connectivity index (χ1v) is 6.78. The first-order valence-electron chi connectivity index (χ1n) is 6.78. The van der Waals surface area contributed by atoms with Gasteiger partial charge in [-0.1, -0.05) is 13.3 Å². The summed E-state index contributed by atoms with van der Waals surface area (Å²) in [4.78, 5) is 22.8. The number of amides is 1. The Morgan fingerprint density at radius 3 is 2.60 bits per heavy atom. The molecule has 0 aliphatic rings. The van der Waals surface area contributed by atoms with Crippen molar-refractivity contribution in [2.24, 2.45) is 0 Å². The fraction of sp³-hybridized carbons (Fsp3) is 0.467. The van der Waals surface area contributed by atoms with Gasteiger partial charge in [0.05, 0.1) is 17.4 Å². The van der Waals surface area contributed by atoms with E-state index in [2.05, 4.69) is 5.32 Å². The second kappa shape index (κ2) is 7.53. The van der Waals surface area contributed by atoms with Crippen molar-refractivity contribution in [1.29, 1.82) is 0 Å². The second-order valence-corrected chi connectivity index (χ2v) is 4.83. The number of nitrogens with one attached hydrogen (secondary N) is 1. The van der Waals surface area contributed by atoms with Crippen LogP contribution in [0.25, 0.3) is 0 Å². The highest BCUT2D eigenvalue weighted by atomic mass is 16.5. The van der Waals surface area contributed by atoms with Crippen LogP contribution < -0.4 is 10.1 Å². The number of hydrogen-bond acceptors (Lipinski definition) is 3. The largest absolute Gasteiger partial charge is 0.489 e. The molecule has 0 unspecified atom stereocenters. The SMILES string of the molecule is CCCCC(=O)Nc1cc(C(=O)O)ccc1OC(C)C. The van der Waals surface area contributed by atoms with Crippen molar-refractivity contribution in [3.63, 3.8) is 0 Å². The molecule has 1 aromatic rings. The molecular formula is C15H21NO4. The molecule has 0 radical (unpaired) electrons. The summed E-state index contributed by atoms with van der Waals surface area (Å²) in [6, 6.07) is 4.45. The van der Waals surface area contributed by atoms with Gasteiger partial charge in [0.2, 0.25) is 5.91 Å². The summed E-state index contributed by atoms with van der Waals surface area (Å²) in [6.07, 6.45) is 2.08. The molecule has 0 saturated carbocycles. The van der Waals surface area contributed by atoms with E-state index < -0.39 is 5.97 Å². The van der Waals surface area contributed by atoms with Gasteiger partial charge in [-0.3, -0.25) is 4.79 Å². The highest BCUT2D eigenvalue weighted by Crippen LogP contribution is 2.27. The van der Waals surface area contributed by atoms with Crippen LogP contribution in [-0.2, 0) is 4.79 Å². The molecule has 0 saturated heterocycles. The number of anilines is 1. The number of aromatic carboxylic acids is 1. The fourth-order valence-electron chi connectivity index (χ4n) is 1.67. The average molecular weight is 279 g/mol. The first kappa shape index (κ1) is 16.0. The molecule has 0 heterocycles. The zero-order valence-corrected chi connectivity index (χ0v) is 12.1. The molecule has 0 aliphatic heterocycles. The molecule has 0 spiro atoms. The Kier molecular flexibility index (Phi) is 6.03. The highest BCUT2D eigenvalue weighted by molar-refractivity contribution is 5.95. The minimum absolute atomic E-state index is 0.0584. The number of carboxylic acids is 1. The molecule has 0 aliphatic carbocycles. The van der Waals surface area contributed by atoms with Gasteiger partial charge in [-0.05, 0) is 38.5 Å².